The Morgan fingerprint density at radius 3 is 2.65 bits per heavy atom. The molecule has 0 amide bonds. The Morgan fingerprint density at radius 2 is 2.00 bits per heavy atom. The van der Waals surface area contributed by atoms with Crippen LogP contribution in [0.4, 0.5) is 14.6 Å². The maximum absolute atomic E-state index is 12.5. The number of hydrogen-bond donors (Lipinski definition) is 2. The summed E-state index contributed by atoms with van der Waals surface area (Å²) in [5.41, 5.74) is 7.84. The highest BCUT2D eigenvalue weighted by molar-refractivity contribution is 5.73. The number of nitrogen functional groups attached to an aromatic ring is 1. The average molecular weight is 281 g/mol. The Balaban J connectivity index is 2.46. The van der Waals surface area contributed by atoms with E-state index < -0.39 is 6.61 Å². The van der Waals surface area contributed by atoms with E-state index in [4.69, 9.17) is 5.73 Å². The fourth-order valence-electron chi connectivity index (χ4n) is 2.09. The number of alkyl halides is 2. The van der Waals surface area contributed by atoms with Gasteiger partial charge in [0.2, 0.25) is 0 Å². The molecule has 3 N–H and O–H groups in total. The second kappa shape index (κ2) is 5.90. The monoisotopic (exact) mass is 281 g/mol. The van der Waals surface area contributed by atoms with E-state index in [2.05, 4.69) is 28.8 Å². The first-order valence-corrected chi connectivity index (χ1v) is 6.36. The molecule has 0 aliphatic carbocycles. The molecule has 1 heterocycles. The summed E-state index contributed by atoms with van der Waals surface area (Å²) in [5, 5.41) is 6.79. The van der Waals surface area contributed by atoms with Gasteiger partial charge in [0.25, 0.3) is 0 Å². The van der Waals surface area contributed by atoms with E-state index >= 15 is 0 Å². The SMILES string of the molecule is CC(C)Cc1c(N)n[nH]c1-c1ccccc1OC(F)F. The summed E-state index contributed by atoms with van der Waals surface area (Å²) in [6.07, 6.45) is 0.709. The van der Waals surface area contributed by atoms with Crippen molar-refractivity contribution >= 4 is 5.82 Å². The van der Waals surface area contributed by atoms with Crippen LogP contribution in [-0.2, 0) is 6.42 Å². The molecule has 20 heavy (non-hydrogen) atoms. The number of halogens is 2. The lowest BCUT2D eigenvalue weighted by Gasteiger charge is -2.11. The molecule has 0 radical (unpaired) electrons. The van der Waals surface area contributed by atoms with Crippen LogP contribution in [0.2, 0.25) is 0 Å². The zero-order valence-electron chi connectivity index (χ0n) is 11.4. The molecule has 4 nitrogen and oxygen atoms in total. The third kappa shape index (κ3) is 3.07. The van der Waals surface area contributed by atoms with Gasteiger partial charge in [-0.25, -0.2) is 0 Å². The Kier molecular flexibility index (Phi) is 4.22. The highest BCUT2D eigenvalue weighted by Crippen LogP contribution is 2.34. The predicted molar refractivity (Wildman–Crippen MR) is 73.6 cm³/mol. The number of hydrogen-bond acceptors (Lipinski definition) is 3. The zero-order valence-corrected chi connectivity index (χ0v) is 11.4. The quantitative estimate of drug-likeness (QED) is 0.882. The molecule has 2 aromatic rings. The second-order valence-corrected chi connectivity index (χ2v) is 4.94. The molecular weight excluding hydrogens is 264 g/mol. The summed E-state index contributed by atoms with van der Waals surface area (Å²) in [6, 6.07) is 6.60. The molecule has 0 fully saturated rings. The van der Waals surface area contributed by atoms with Crippen molar-refractivity contribution < 1.29 is 13.5 Å². The highest BCUT2D eigenvalue weighted by atomic mass is 19.3. The van der Waals surface area contributed by atoms with Crippen LogP contribution in [0.5, 0.6) is 5.75 Å². The van der Waals surface area contributed by atoms with Crippen molar-refractivity contribution in [3.8, 4) is 17.0 Å². The average Bonchev–Trinajstić information content (AvgIpc) is 2.71. The molecule has 0 unspecified atom stereocenters. The summed E-state index contributed by atoms with van der Waals surface area (Å²) in [5.74, 6) is 0.869. The van der Waals surface area contributed by atoms with Gasteiger partial charge in [-0.1, -0.05) is 26.0 Å². The number of benzene rings is 1. The minimum atomic E-state index is -2.87. The van der Waals surface area contributed by atoms with Gasteiger partial charge in [-0.05, 0) is 24.5 Å². The van der Waals surface area contributed by atoms with Crippen LogP contribution in [0.25, 0.3) is 11.3 Å². The number of H-pyrrole nitrogens is 1. The first kappa shape index (κ1) is 14.3. The van der Waals surface area contributed by atoms with Crippen LogP contribution in [0.15, 0.2) is 24.3 Å². The summed E-state index contributed by atoms with van der Waals surface area (Å²) < 4.78 is 29.5. The molecule has 0 spiro atoms. The van der Waals surface area contributed by atoms with Crippen molar-refractivity contribution in [2.75, 3.05) is 5.73 Å². The summed E-state index contributed by atoms with van der Waals surface area (Å²) in [7, 11) is 0. The fraction of sp³-hybridized carbons (Fsp3) is 0.357. The molecule has 1 aromatic heterocycles. The van der Waals surface area contributed by atoms with Gasteiger partial charge >= 0.3 is 6.61 Å². The third-order valence-electron chi connectivity index (χ3n) is 2.88. The van der Waals surface area contributed by atoms with Gasteiger partial charge in [0, 0.05) is 11.1 Å². The lowest BCUT2D eigenvalue weighted by atomic mass is 9.99. The summed E-state index contributed by atoms with van der Waals surface area (Å²) >= 11 is 0. The van der Waals surface area contributed by atoms with E-state index in [-0.39, 0.29) is 5.75 Å². The molecule has 6 heteroatoms. The minimum absolute atomic E-state index is 0.108. The van der Waals surface area contributed by atoms with Gasteiger partial charge in [0.1, 0.15) is 11.6 Å². The third-order valence-corrected chi connectivity index (χ3v) is 2.88. The molecule has 108 valence electrons. The number of ether oxygens (including phenoxy) is 1. The van der Waals surface area contributed by atoms with Gasteiger partial charge in [-0.2, -0.15) is 13.9 Å². The van der Waals surface area contributed by atoms with E-state index in [0.717, 1.165) is 5.56 Å². The van der Waals surface area contributed by atoms with Gasteiger partial charge < -0.3 is 10.5 Å². The molecule has 0 saturated carbocycles. The van der Waals surface area contributed by atoms with Crippen LogP contribution < -0.4 is 10.5 Å². The standard InChI is InChI=1S/C14H17F2N3O/c1-8(2)7-10-12(18-19-13(10)17)9-5-3-4-6-11(9)20-14(15)16/h3-6,8,14H,7H2,1-2H3,(H3,17,18,19). The zero-order chi connectivity index (χ0) is 14.7. The molecular formula is C14H17F2N3O. The maximum atomic E-state index is 12.5. The molecule has 2 rings (SSSR count). The maximum Gasteiger partial charge on any atom is 0.387 e. The number of nitrogens with one attached hydrogen (secondary N) is 1. The Hall–Kier alpha value is -2.11. The van der Waals surface area contributed by atoms with Crippen LogP contribution in [-0.4, -0.2) is 16.8 Å². The largest absolute Gasteiger partial charge is 0.434 e. The Labute approximate surface area is 115 Å². The van der Waals surface area contributed by atoms with Gasteiger partial charge in [0.15, 0.2) is 0 Å². The molecule has 0 aliphatic heterocycles. The van der Waals surface area contributed by atoms with Crippen molar-refractivity contribution in [2.45, 2.75) is 26.9 Å². The number of para-hydroxylation sites is 1. The number of aromatic amines is 1. The van der Waals surface area contributed by atoms with Crippen molar-refractivity contribution in [2.24, 2.45) is 5.92 Å². The number of anilines is 1. The van der Waals surface area contributed by atoms with Gasteiger partial charge in [0.05, 0.1) is 5.69 Å². The first-order chi connectivity index (χ1) is 9.49. The molecule has 0 atom stereocenters. The highest BCUT2D eigenvalue weighted by Gasteiger charge is 2.18. The summed E-state index contributed by atoms with van der Waals surface area (Å²) in [4.78, 5) is 0. The van der Waals surface area contributed by atoms with E-state index in [1.54, 1.807) is 18.2 Å². The molecule has 0 aliphatic rings. The number of nitrogens with two attached hydrogens (primary N) is 1. The van der Waals surface area contributed by atoms with Crippen LogP contribution in [0.3, 0.4) is 0 Å². The predicted octanol–water partition coefficient (Wildman–Crippen LogP) is 3.46. The lowest BCUT2D eigenvalue weighted by molar-refractivity contribution is -0.0494. The van der Waals surface area contributed by atoms with Crippen molar-refractivity contribution in [1.82, 2.24) is 10.2 Å². The number of nitrogens with zero attached hydrogens (tertiary/aromatic N) is 1. The minimum Gasteiger partial charge on any atom is -0.434 e. The topological polar surface area (TPSA) is 63.9 Å². The van der Waals surface area contributed by atoms with Gasteiger partial charge in [-0.3, -0.25) is 5.10 Å². The fourth-order valence-corrected chi connectivity index (χ4v) is 2.09. The van der Waals surface area contributed by atoms with Crippen LogP contribution >= 0.6 is 0 Å². The summed E-state index contributed by atoms with van der Waals surface area (Å²) in [6.45, 7) is 1.24. The Bertz CT molecular complexity index is 582. The van der Waals surface area contributed by atoms with Crippen LogP contribution in [0, 0.1) is 5.92 Å². The number of rotatable bonds is 5. The normalized spacial score (nSPS) is 11.3. The van der Waals surface area contributed by atoms with E-state index in [0.29, 0.717) is 29.4 Å². The van der Waals surface area contributed by atoms with E-state index in [1.165, 1.54) is 6.07 Å². The van der Waals surface area contributed by atoms with Crippen molar-refractivity contribution in [3.63, 3.8) is 0 Å². The van der Waals surface area contributed by atoms with Crippen molar-refractivity contribution in [3.05, 3.63) is 29.8 Å². The lowest BCUT2D eigenvalue weighted by Crippen LogP contribution is -2.04. The molecule has 0 saturated heterocycles. The van der Waals surface area contributed by atoms with E-state index in [1.807, 2.05) is 0 Å². The second-order valence-electron chi connectivity index (χ2n) is 4.94. The number of aromatic nitrogens is 2. The Morgan fingerprint density at radius 1 is 1.30 bits per heavy atom. The molecule has 0 bridgehead atoms. The smallest absolute Gasteiger partial charge is 0.387 e. The van der Waals surface area contributed by atoms with Crippen molar-refractivity contribution in [1.29, 1.82) is 0 Å². The van der Waals surface area contributed by atoms with Crippen LogP contribution in [0.1, 0.15) is 19.4 Å². The first-order valence-electron chi connectivity index (χ1n) is 6.36. The molecule has 1 aromatic carbocycles. The van der Waals surface area contributed by atoms with E-state index in [9.17, 15) is 8.78 Å². The van der Waals surface area contributed by atoms with Gasteiger partial charge in [-0.15, -0.1) is 0 Å².